The number of aliphatic carboxylic acids is 1. The Morgan fingerprint density at radius 1 is 0.578 bits per heavy atom. The molecule has 18 unspecified atom stereocenters. The van der Waals surface area contributed by atoms with E-state index < -0.39 is 155 Å². The van der Waals surface area contributed by atoms with Crippen LogP contribution >= 0.6 is 0 Å². The molecule has 23 nitrogen and oxygen atoms in total. The molecule has 3 aliphatic rings. The first-order valence-corrected chi connectivity index (χ1v) is 35.1. The van der Waals surface area contributed by atoms with Crippen molar-refractivity contribution < 1.29 is 104 Å². The van der Waals surface area contributed by atoms with Crippen LogP contribution in [-0.4, -0.2) is 215 Å². The van der Waals surface area contributed by atoms with Gasteiger partial charge in [-0.1, -0.05) is 231 Å². The number of hydrogen-bond acceptors (Lipinski definition) is 20. The molecule has 0 aromatic carbocycles. The van der Waals surface area contributed by atoms with Gasteiger partial charge in [-0.05, 0) is 19.3 Å². The van der Waals surface area contributed by atoms with Gasteiger partial charge in [-0.25, -0.2) is 4.79 Å². The summed E-state index contributed by atoms with van der Waals surface area (Å²) in [5, 5.41) is 136. The fourth-order valence-corrected chi connectivity index (χ4v) is 12.4. The van der Waals surface area contributed by atoms with Crippen LogP contribution in [0, 0.1) is 0 Å². The molecule has 0 aromatic heterocycles. The third-order valence-electron chi connectivity index (χ3n) is 18.0. The van der Waals surface area contributed by atoms with Crippen LogP contribution in [-0.2, 0) is 42.8 Å². The van der Waals surface area contributed by atoms with E-state index in [4.69, 9.17) is 28.4 Å². The van der Waals surface area contributed by atoms with Gasteiger partial charge in [0.1, 0.15) is 67.1 Å². The minimum Gasteiger partial charge on any atom is -0.477 e. The number of aliphatic hydroxyl groups excluding tert-OH is 11. The van der Waals surface area contributed by atoms with Crippen molar-refractivity contribution >= 4 is 17.8 Å². The minimum absolute atomic E-state index is 0.205. The maximum absolute atomic E-state index is 13.5. The molecule has 0 spiro atoms. The van der Waals surface area contributed by atoms with E-state index in [1.54, 1.807) is 6.08 Å². The number of carbonyl (C=O) groups is 3. The van der Waals surface area contributed by atoms with Crippen LogP contribution in [0.15, 0.2) is 12.2 Å². The van der Waals surface area contributed by atoms with Crippen LogP contribution in [0.1, 0.15) is 258 Å². The Morgan fingerprint density at radius 2 is 1.03 bits per heavy atom. The number of carboxylic acid groups (broad SMARTS) is 1. The molecule has 3 rings (SSSR count). The van der Waals surface area contributed by atoms with Gasteiger partial charge in [-0.3, -0.25) is 9.59 Å². The molecule has 23 heteroatoms. The van der Waals surface area contributed by atoms with Gasteiger partial charge >= 0.3 is 5.97 Å². The predicted octanol–water partition coefficient (Wildman–Crippen LogP) is 6.29. The Bertz CT molecular complexity index is 1870. The number of carbonyl (C=O) groups excluding carboxylic acids is 2. The van der Waals surface area contributed by atoms with Crippen molar-refractivity contribution in [2.45, 2.75) is 368 Å². The Balaban J connectivity index is 1.61. The zero-order chi connectivity index (χ0) is 66.1. The molecule has 3 saturated heterocycles. The van der Waals surface area contributed by atoms with Crippen LogP contribution in [0.5, 0.6) is 0 Å². The molecular weight excluding hydrogens is 1170 g/mol. The summed E-state index contributed by atoms with van der Waals surface area (Å²) in [6, 6.07) is -2.61. The van der Waals surface area contributed by atoms with Gasteiger partial charge in [-0.15, -0.1) is 0 Å². The second kappa shape index (κ2) is 48.2. The Kier molecular flexibility index (Phi) is 43.8. The molecule has 0 bridgehead atoms. The summed E-state index contributed by atoms with van der Waals surface area (Å²) in [5.41, 5.74) is 0. The van der Waals surface area contributed by atoms with Crippen molar-refractivity contribution in [3.8, 4) is 0 Å². The van der Waals surface area contributed by atoms with Gasteiger partial charge < -0.3 is 100 Å². The number of aliphatic hydroxyl groups is 11. The fraction of sp³-hybridized carbons (Fsp3) is 0.925. The molecule has 0 aromatic rings. The standard InChI is InChI=1S/C67H124N2O21/c1-4-6-8-10-12-14-16-18-20-22-24-26-28-30-32-34-36-38-40-49(74)48(69-54(77)41-39-37-35-33-31-29-27-25-23-21-19-17-15-13-11-9-7-5-2)46-85-64-59(81)58(80)61(53(45-72)87-64)88-65-60(82)63(57(79)52(44-71)86-65)90-67(66(83)84)42-50(75)55(68-47(3)73)62(89-67)56(78)51(76)43-70/h38,40,48-53,55-65,70-72,74-76,78-82H,4-37,39,41-46H2,1-3H3,(H,68,73)(H,69,77)(H,83,84)/b40-38+. The van der Waals surface area contributed by atoms with E-state index in [0.717, 1.165) is 51.9 Å². The number of ether oxygens (including phenoxy) is 6. The van der Waals surface area contributed by atoms with Crippen LogP contribution in [0.2, 0.25) is 0 Å². The molecular formula is C67H124N2O21. The highest BCUT2D eigenvalue weighted by Gasteiger charge is 2.60. The average Bonchev–Trinajstić information content (AvgIpc) is 0.837. The zero-order valence-corrected chi connectivity index (χ0v) is 55.0. The molecule has 3 fully saturated rings. The molecule has 0 saturated carbocycles. The second-order valence-electron chi connectivity index (χ2n) is 25.8. The summed E-state index contributed by atoms with van der Waals surface area (Å²) in [6.45, 7) is 2.16. The Labute approximate surface area is 537 Å². The summed E-state index contributed by atoms with van der Waals surface area (Å²) in [4.78, 5) is 38.5. The smallest absolute Gasteiger partial charge is 0.364 e. The highest BCUT2D eigenvalue weighted by molar-refractivity contribution is 5.77. The van der Waals surface area contributed by atoms with Crippen LogP contribution in [0.25, 0.3) is 0 Å². The molecule has 14 N–H and O–H groups in total. The topological polar surface area (TPSA) is 373 Å². The molecule has 0 aliphatic carbocycles. The number of unbranched alkanes of at least 4 members (excludes halogenated alkanes) is 33. The maximum Gasteiger partial charge on any atom is 0.364 e. The normalized spacial score (nSPS) is 28.6. The number of carboxylic acids is 1. The first-order valence-electron chi connectivity index (χ1n) is 35.1. The van der Waals surface area contributed by atoms with Crippen molar-refractivity contribution in [3.63, 3.8) is 0 Å². The van der Waals surface area contributed by atoms with Crippen LogP contribution in [0.3, 0.4) is 0 Å². The summed E-state index contributed by atoms with van der Waals surface area (Å²) >= 11 is 0. The van der Waals surface area contributed by atoms with Gasteiger partial charge in [0.2, 0.25) is 11.8 Å². The molecule has 528 valence electrons. The average molecular weight is 1290 g/mol. The quantitative estimate of drug-likeness (QED) is 0.0235. The van der Waals surface area contributed by atoms with Crippen molar-refractivity contribution in [1.29, 1.82) is 0 Å². The van der Waals surface area contributed by atoms with Gasteiger partial charge in [0.15, 0.2) is 12.6 Å². The molecule has 0 radical (unpaired) electrons. The number of nitrogens with one attached hydrogen (secondary N) is 2. The van der Waals surface area contributed by atoms with E-state index in [0.29, 0.717) is 12.8 Å². The fourth-order valence-electron chi connectivity index (χ4n) is 12.4. The SMILES string of the molecule is CCCCCCCCCCCCCCCCCC/C=C/C(O)C(COC1OC(CO)C(OC2OC(CO)C(O)C(OC3(C(=O)O)CC(O)C(NC(C)=O)C(C(O)C(O)CO)O3)C2O)C(O)C1O)NC(=O)CCCCCCCCCCCCCCCCCCCC. The van der Waals surface area contributed by atoms with Gasteiger partial charge in [0.05, 0.1) is 50.7 Å². The molecule has 2 amide bonds. The lowest BCUT2D eigenvalue weighted by molar-refractivity contribution is -0.386. The van der Waals surface area contributed by atoms with E-state index in [1.807, 2.05) is 6.08 Å². The lowest BCUT2D eigenvalue weighted by Crippen LogP contribution is -2.70. The number of rotatable bonds is 53. The summed E-state index contributed by atoms with van der Waals surface area (Å²) in [6.07, 6.45) is 16.8. The van der Waals surface area contributed by atoms with Crippen LogP contribution < -0.4 is 10.6 Å². The zero-order valence-electron chi connectivity index (χ0n) is 55.0. The predicted molar refractivity (Wildman–Crippen MR) is 338 cm³/mol. The van der Waals surface area contributed by atoms with Crippen molar-refractivity contribution in [2.75, 3.05) is 26.4 Å². The van der Waals surface area contributed by atoms with E-state index in [-0.39, 0.29) is 12.3 Å². The highest BCUT2D eigenvalue weighted by Crippen LogP contribution is 2.39. The lowest BCUT2D eigenvalue weighted by Gasteiger charge is -2.50. The van der Waals surface area contributed by atoms with Crippen molar-refractivity contribution in [1.82, 2.24) is 10.6 Å². The third-order valence-corrected chi connectivity index (χ3v) is 18.0. The van der Waals surface area contributed by atoms with Gasteiger partial charge in [0, 0.05) is 19.8 Å². The van der Waals surface area contributed by atoms with E-state index in [1.165, 1.54) is 167 Å². The summed E-state index contributed by atoms with van der Waals surface area (Å²) in [7, 11) is 0. The first-order chi connectivity index (χ1) is 43.4. The molecule has 90 heavy (non-hydrogen) atoms. The highest BCUT2D eigenvalue weighted by atomic mass is 16.8. The summed E-state index contributed by atoms with van der Waals surface area (Å²) in [5.74, 6) is -6.13. The Morgan fingerprint density at radius 3 is 1.48 bits per heavy atom. The molecule has 3 aliphatic heterocycles. The van der Waals surface area contributed by atoms with Crippen molar-refractivity contribution in [3.05, 3.63) is 12.2 Å². The molecule has 3 heterocycles. The van der Waals surface area contributed by atoms with E-state index in [2.05, 4.69) is 24.5 Å². The largest absolute Gasteiger partial charge is 0.477 e. The van der Waals surface area contributed by atoms with Gasteiger partial charge in [-0.2, -0.15) is 0 Å². The first kappa shape index (κ1) is 81.7. The monoisotopic (exact) mass is 1290 g/mol. The van der Waals surface area contributed by atoms with E-state index >= 15 is 0 Å². The Hall–Kier alpha value is -2.53. The minimum atomic E-state index is -3.08. The third kappa shape index (κ3) is 30.5. The second-order valence-corrected chi connectivity index (χ2v) is 25.8. The van der Waals surface area contributed by atoms with E-state index in [9.17, 15) is 75.7 Å². The summed E-state index contributed by atoms with van der Waals surface area (Å²) < 4.78 is 34.8. The van der Waals surface area contributed by atoms with Gasteiger partial charge in [0.25, 0.3) is 5.79 Å². The number of amides is 2. The van der Waals surface area contributed by atoms with Crippen molar-refractivity contribution in [2.24, 2.45) is 0 Å². The number of hydrogen-bond donors (Lipinski definition) is 14. The lowest BCUT2D eigenvalue weighted by atomic mass is 9.88. The molecule has 18 atom stereocenters. The maximum atomic E-state index is 13.5. The van der Waals surface area contributed by atoms with Crippen LogP contribution in [0.4, 0.5) is 0 Å². The number of allylic oxidation sites excluding steroid dienone is 1.